The van der Waals surface area contributed by atoms with E-state index >= 15 is 0 Å². The van der Waals surface area contributed by atoms with Crippen molar-refractivity contribution in [3.8, 4) is 0 Å². The highest BCUT2D eigenvalue weighted by molar-refractivity contribution is 5.66. The highest BCUT2D eigenvalue weighted by Gasteiger charge is 2.25. The van der Waals surface area contributed by atoms with Gasteiger partial charge in [0.2, 0.25) is 0 Å². The third-order valence-corrected chi connectivity index (χ3v) is 3.47. The summed E-state index contributed by atoms with van der Waals surface area (Å²) >= 11 is 0. The Labute approximate surface area is 97.1 Å². The van der Waals surface area contributed by atoms with Crippen molar-refractivity contribution in [3.05, 3.63) is 23.0 Å². The zero-order chi connectivity index (χ0) is 12.5. The monoisotopic (exact) mass is 223 g/mol. The molecule has 0 aliphatic heterocycles. The first kappa shape index (κ1) is 12.8. The smallest absolute Gasteiger partial charge is 0.303 e. The first-order chi connectivity index (χ1) is 7.25. The van der Waals surface area contributed by atoms with Gasteiger partial charge in [-0.05, 0) is 37.3 Å². The van der Waals surface area contributed by atoms with Gasteiger partial charge in [0, 0.05) is 24.9 Å². The third kappa shape index (κ3) is 2.46. The maximum Gasteiger partial charge on any atom is 0.303 e. The first-order valence-corrected chi connectivity index (χ1v) is 5.61. The number of rotatable bonds is 4. The van der Waals surface area contributed by atoms with Gasteiger partial charge in [0.1, 0.15) is 0 Å². The first-order valence-electron chi connectivity index (χ1n) is 5.61. The molecule has 1 N–H and O–H groups in total. The lowest BCUT2D eigenvalue weighted by atomic mass is 9.80. The number of hydrogen-bond donors (Lipinski definition) is 1. The lowest BCUT2D eigenvalue weighted by molar-refractivity contribution is -0.137. The van der Waals surface area contributed by atoms with E-state index in [1.165, 1.54) is 17.0 Å². The fraction of sp³-hybridized carbons (Fsp3) is 0.615. The zero-order valence-corrected chi connectivity index (χ0v) is 10.8. The minimum Gasteiger partial charge on any atom is -0.481 e. The summed E-state index contributed by atoms with van der Waals surface area (Å²) in [6.45, 7) is 8.38. The van der Waals surface area contributed by atoms with Gasteiger partial charge in [-0.25, -0.2) is 0 Å². The van der Waals surface area contributed by atoms with Crippen LogP contribution in [0.1, 0.15) is 43.6 Å². The number of carbonyl (C=O) groups is 1. The standard InChI is InChI=1S/C13H21NO2/c1-9-8-11(10(2)14(9)5)13(3,4)7-6-12(15)16/h8H,6-7H2,1-5H3,(H,15,16). The molecule has 3 nitrogen and oxygen atoms in total. The quantitative estimate of drug-likeness (QED) is 0.852. The summed E-state index contributed by atoms with van der Waals surface area (Å²) in [5.41, 5.74) is 3.63. The Bertz CT molecular complexity index is 402. The van der Waals surface area contributed by atoms with Gasteiger partial charge >= 0.3 is 5.97 Å². The molecule has 16 heavy (non-hydrogen) atoms. The zero-order valence-electron chi connectivity index (χ0n) is 10.8. The van der Waals surface area contributed by atoms with Gasteiger partial charge in [-0.15, -0.1) is 0 Å². The molecule has 0 amide bonds. The number of carboxylic acids is 1. The van der Waals surface area contributed by atoms with E-state index in [-0.39, 0.29) is 11.8 Å². The molecule has 3 heteroatoms. The number of carboxylic acid groups (broad SMARTS) is 1. The maximum atomic E-state index is 10.6. The molecule has 0 atom stereocenters. The van der Waals surface area contributed by atoms with E-state index in [4.69, 9.17) is 5.11 Å². The van der Waals surface area contributed by atoms with Crippen molar-refractivity contribution in [2.75, 3.05) is 0 Å². The van der Waals surface area contributed by atoms with Crippen LogP contribution in [-0.2, 0) is 17.3 Å². The highest BCUT2D eigenvalue weighted by atomic mass is 16.4. The Morgan fingerprint density at radius 2 is 2.00 bits per heavy atom. The maximum absolute atomic E-state index is 10.6. The van der Waals surface area contributed by atoms with Crippen LogP contribution in [0.25, 0.3) is 0 Å². The number of aromatic nitrogens is 1. The normalized spacial score (nSPS) is 11.8. The Morgan fingerprint density at radius 3 is 2.38 bits per heavy atom. The molecule has 0 spiro atoms. The molecule has 1 aromatic rings. The number of nitrogens with zero attached hydrogens (tertiary/aromatic N) is 1. The van der Waals surface area contributed by atoms with Crippen molar-refractivity contribution in [1.29, 1.82) is 0 Å². The van der Waals surface area contributed by atoms with Crippen LogP contribution >= 0.6 is 0 Å². The summed E-state index contributed by atoms with van der Waals surface area (Å²) in [5.74, 6) is -0.724. The molecule has 1 rings (SSSR count). The van der Waals surface area contributed by atoms with Crippen LogP contribution in [0.3, 0.4) is 0 Å². The SMILES string of the molecule is Cc1cc(C(C)(C)CCC(=O)O)c(C)n1C. The second kappa shape index (κ2) is 4.32. The Kier molecular flexibility index (Phi) is 3.46. The van der Waals surface area contributed by atoms with E-state index in [1.807, 2.05) is 7.05 Å². The average molecular weight is 223 g/mol. The van der Waals surface area contributed by atoms with Gasteiger partial charge in [-0.2, -0.15) is 0 Å². The molecule has 0 unspecified atom stereocenters. The molecular formula is C13H21NO2. The predicted octanol–water partition coefficient (Wildman–Crippen LogP) is 2.78. The molecule has 1 heterocycles. The van der Waals surface area contributed by atoms with Gasteiger partial charge in [-0.3, -0.25) is 4.79 Å². The lowest BCUT2D eigenvalue weighted by Gasteiger charge is -2.24. The van der Waals surface area contributed by atoms with Gasteiger partial charge in [-0.1, -0.05) is 13.8 Å². The van der Waals surface area contributed by atoms with Crippen LogP contribution in [0.5, 0.6) is 0 Å². The molecule has 0 saturated carbocycles. The van der Waals surface area contributed by atoms with Gasteiger partial charge < -0.3 is 9.67 Å². The molecule has 0 aliphatic rings. The molecule has 0 aromatic carbocycles. The molecule has 0 aliphatic carbocycles. The van der Waals surface area contributed by atoms with Crippen molar-refractivity contribution in [2.45, 2.75) is 46.0 Å². The highest BCUT2D eigenvalue weighted by Crippen LogP contribution is 2.32. The Balaban J connectivity index is 2.97. The Morgan fingerprint density at radius 1 is 1.44 bits per heavy atom. The van der Waals surface area contributed by atoms with Gasteiger partial charge in [0.25, 0.3) is 0 Å². The predicted molar refractivity (Wildman–Crippen MR) is 64.8 cm³/mol. The van der Waals surface area contributed by atoms with E-state index in [2.05, 4.69) is 38.3 Å². The molecule has 0 bridgehead atoms. The topological polar surface area (TPSA) is 42.2 Å². The molecule has 0 saturated heterocycles. The number of aryl methyl sites for hydroxylation is 1. The van der Waals surface area contributed by atoms with Crippen LogP contribution in [0.2, 0.25) is 0 Å². The Hall–Kier alpha value is -1.25. The summed E-state index contributed by atoms with van der Waals surface area (Å²) in [5, 5.41) is 8.75. The average Bonchev–Trinajstić information content (AvgIpc) is 2.44. The van der Waals surface area contributed by atoms with E-state index in [0.717, 1.165) is 0 Å². The minimum atomic E-state index is -0.724. The van der Waals surface area contributed by atoms with Gasteiger partial charge in [0.15, 0.2) is 0 Å². The van der Waals surface area contributed by atoms with E-state index < -0.39 is 5.97 Å². The van der Waals surface area contributed by atoms with E-state index in [0.29, 0.717) is 6.42 Å². The largest absolute Gasteiger partial charge is 0.481 e. The van der Waals surface area contributed by atoms with Crippen LogP contribution in [-0.4, -0.2) is 15.6 Å². The molecule has 0 fully saturated rings. The van der Waals surface area contributed by atoms with Crippen molar-refractivity contribution >= 4 is 5.97 Å². The van der Waals surface area contributed by atoms with Crippen molar-refractivity contribution in [3.63, 3.8) is 0 Å². The number of hydrogen-bond acceptors (Lipinski definition) is 1. The second-order valence-corrected chi connectivity index (χ2v) is 5.12. The van der Waals surface area contributed by atoms with Crippen molar-refractivity contribution < 1.29 is 9.90 Å². The van der Waals surface area contributed by atoms with Gasteiger partial charge in [0.05, 0.1) is 0 Å². The summed E-state index contributed by atoms with van der Waals surface area (Å²) in [4.78, 5) is 10.6. The molecule has 0 radical (unpaired) electrons. The van der Waals surface area contributed by atoms with Crippen LogP contribution in [0, 0.1) is 13.8 Å². The summed E-state index contributed by atoms with van der Waals surface area (Å²) < 4.78 is 2.15. The van der Waals surface area contributed by atoms with Crippen molar-refractivity contribution in [2.24, 2.45) is 7.05 Å². The van der Waals surface area contributed by atoms with E-state index in [9.17, 15) is 4.79 Å². The van der Waals surface area contributed by atoms with Crippen LogP contribution in [0.4, 0.5) is 0 Å². The lowest BCUT2D eigenvalue weighted by Crippen LogP contribution is -2.19. The fourth-order valence-corrected chi connectivity index (χ4v) is 2.09. The van der Waals surface area contributed by atoms with E-state index in [1.54, 1.807) is 0 Å². The molecule has 1 aromatic heterocycles. The number of aliphatic carboxylic acids is 1. The minimum absolute atomic E-state index is 0.0749. The summed E-state index contributed by atoms with van der Waals surface area (Å²) in [6.07, 6.45) is 0.896. The second-order valence-electron chi connectivity index (χ2n) is 5.12. The van der Waals surface area contributed by atoms with Crippen molar-refractivity contribution in [1.82, 2.24) is 4.57 Å². The van der Waals surface area contributed by atoms with Crippen LogP contribution in [0.15, 0.2) is 6.07 Å². The molecule has 90 valence electrons. The molecular weight excluding hydrogens is 202 g/mol. The summed E-state index contributed by atoms with van der Waals surface area (Å²) in [6, 6.07) is 2.16. The summed E-state index contributed by atoms with van der Waals surface area (Å²) in [7, 11) is 2.04. The fourth-order valence-electron chi connectivity index (χ4n) is 2.09. The van der Waals surface area contributed by atoms with Crippen LogP contribution < -0.4 is 0 Å². The third-order valence-electron chi connectivity index (χ3n) is 3.47.